The minimum atomic E-state index is -1.65. The van der Waals surface area contributed by atoms with Crippen LogP contribution < -0.4 is 21.4 Å². The van der Waals surface area contributed by atoms with Crippen molar-refractivity contribution in [2.24, 2.45) is 5.92 Å². The molecule has 2 aromatic carbocycles. The Morgan fingerprint density at radius 1 is 0.603 bits per heavy atom. The number of esters is 3. The molecule has 0 saturated carbocycles. The quantitative estimate of drug-likeness (QED) is 0.0594. The molecule has 2 aromatic rings. The summed E-state index contributed by atoms with van der Waals surface area (Å²) >= 11 is 0. The Bertz CT molecular complexity index is 2070. The fourth-order valence-corrected chi connectivity index (χ4v) is 5.94. The van der Waals surface area contributed by atoms with E-state index in [9.17, 15) is 43.2 Å². The lowest BCUT2D eigenvalue weighted by Crippen LogP contribution is -2.60. The van der Waals surface area contributed by atoms with Gasteiger partial charge >= 0.3 is 24.0 Å². The van der Waals surface area contributed by atoms with Crippen molar-refractivity contribution in [3.63, 3.8) is 0 Å². The molecule has 0 radical (unpaired) electrons. The summed E-state index contributed by atoms with van der Waals surface area (Å²) in [6.07, 6.45) is -0.102. The molecule has 0 aliphatic rings. The number of amides is 6. The second kappa shape index (κ2) is 26.5. The van der Waals surface area contributed by atoms with E-state index >= 15 is 0 Å². The van der Waals surface area contributed by atoms with E-state index < -0.39 is 114 Å². The van der Waals surface area contributed by atoms with Crippen molar-refractivity contribution in [1.29, 1.82) is 0 Å². The number of benzene rings is 2. The molecule has 2 rings (SSSR count). The monoisotopic (exact) mass is 951 g/mol. The number of nitrogens with one attached hydrogen (secondary N) is 4. The molecule has 374 valence electrons. The largest absolute Gasteiger partial charge is 0.460 e. The van der Waals surface area contributed by atoms with E-state index in [0.717, 1.165) is 17.7 Å². The van der Waals surface area contributed by atoms with Crippen molar-refractivity contribution < 1.29 is 62.1 Å². The van der Waals surface area contributed by atoms with Crippen LogP contribution in [-0.4, -0.2) is 119 Å². The zero-order valence-corrected chi connectivity index (χ0v) is 41.4. The Kier molecular flexibility index (Phi) is 22.4. The van der Waals surface area contributed by atoms with Gasteiger partial charge in [0, 0.05) is 32.2 Å². The van der Waals surface area contributed by atoms with Gasteiger partial charge in [0.1, 0.15) is 48.1 Å². The SMILES string of the molecule is CC(C)[C@H](NC(=O)[C@H](CCC(=O)OC(C)(C)C)NC(=O)[C@H](CC(=O)OC(C)(C)C)NC(=O)OCc1ccccc1)C(=O)NN(CC(=O)OC(C)(C)C)C(=O)/C=C/C(=O)N(C)CCc1ccccc1. The number of carbonyl (C=O) groups is 9. The van der Waals surface area contributed by atoms with Crippen LogP contribution in [0, 0.1) is 5.92 Å². The molecular formula is C49H70N6O13. The number of alkyl carbamates (subject to hydrolysis) is 1. The zero-order chi connectivity index (χ0) is 51.4. The average molecular weight is 951 g/mol. The van der Waals surface area contributed by atoms with Crippen LogP contribution in [0.15, 0.2) is 72.8 Å². The topological polar surface area (TPSA) is 245 Å². The number of likely N-dealkylation sites (N-methyl/N-ethyl adjacent to an activating group) is 1. The molecule has 0 spiro atoms. The third kappa shape index (κ3) is 23.6. The van der Waals surface area contributed by atoms with Gasteiger partial charge < -0.3 is 39.8 Å². The van der Waals surface area contributed by atoms with Crippen LogP contribution in [0.1, 0.15) is 107 Å². The minimum Gasteiger partial charge on any atom is -0.460 e. The maximum atomic E-state index is 14.2. The smallest absolute Gasteiger partial charge is 0.408 e. The van der Waals surface area contributed by atoms with Crippen LogP contribution in [0.3, 0.4) is 0 Å². The summed E-state index contributed by atoms with van der Waals surface area (Å²) in [4.78, 5) is 122. The Hall–Kier alpha value is -6.79. The number of ether oxygens (including phenoxy) is 4. The normalized spacial score (nSPS) is 13.0. The fourth-order valence-electron chi connectivity index (χ4n) is 5.94. The van der Waals surface area contributed by atoms with Crippen LogP contribution in [0.4, 0.5) is 4.79 Å². The van der Waals surface area contributed by atoms with E-state index in [1.807, 2.05) is 30.3 Å². The van der Waals surface area contributed by atoms with E-state index in [1.54, 1.807) is 114 Å². The molecule has 6 amide bonds. The second-order valence-electron chi connectivity index (χ2n) is 19.3. The van der Waals surface area contributed by atoms with Crippen molar-refractivity contribution in [3.05, 3.63) is 83.9 Å². The van der Waals surface area contributed by atoms with Crippen molar-refractivity contribution in [3.8, 4) is 0 Å². The van der Waals surface area contributed by atoms with E-state index in [2.05, 4.69) is 21.4 Å². The van der Waals surface area contributed by atoms with Crippen LogP contribution in [-0.2, 0) is 70.3 Å². The molecule has 0 saturated heterocycles. The van der Waals surface area contributed by atoms with Crippen molar-refractivity contribution in [2.75, 3.05) is 20.1 Å². The van der Waals surface area contributed by atoms with E-state index in [4.69, 9.17) is 18.9 Å². The first kappa shape index (κ1) is 57.3. The number of hydrogen-bond donors (Lipinski definition) is 4. The first-order chi connectivity index (χ1) is 31.5. The van der Waals surface area contributed by atoms with Crippen LogP contribution in [0.2, 0.25) is 0 Å². The average Bonchev–Trinajstić information content (AvgIpc) is 3.22. The maximum Gasteiger partial charge on any atom is 0.408 e. The van der Waals surface area contributed by atoms with E-state index in [1.165, 1.54) is 4.90 Å². The summed E-state index contributed by atoms with van der Waals surface area (Å²) < 4.78 is 21.5. The van der Waals surface area contributed by atoms with Crippen molar-refractivity contribution in [1.82, 2.24) is 31.3 Å². The summed E-state index contributed by atoms with van der Waals surface area (Å²) in [6.45, 7) is 17.1. The molecular weight excluding hydrogens is 881 g/mol. The summed E-state index contributed by atoms with van der Waals surface area (Å²) in [7, 11) is 1.55. The lowest BCUT2D eigenvalue weighted by Gasteiger charge is -2.29. The Labute approximate surface area is 399 Å². The molecule has 0 aliphatic heterocycles. The van der Waals surface area contributed by atoms with Crippen molar-refractivity contribution >= 4 is 53.5 Å². The minimum absolute atomic E-state index is 0.172. The van der Waals surface area contributed by atoms with Gasteiger partial charge in [-0.05, 0) is 92.2 Å². The molecule has 3 atom stereocenters. The first-order valence-corrected chi connectivity index (χ1v) is 22.3. The van der Waals surface area contributed by atoms with Gasteiger partial charge in [-0.1, -0.05) is 74.5 Å². The number of nitrogens with zero attached hydrogens (tertiary/aromatic N) is 2. The fraction of sp³-hybridized carbons (Fsp3) is 0.531. The van der Waals surface area contributed by atoms with E-state index in [0.29, 0.717) is 23.5 Å². The summed E-state index contributed by atoms with van der Waals surface area (Å²) in [5.74, 6) is -7.69. The van der Waals surface area contributed by atoms with Crippen LogP contribution in [0.25, 0.3) is 0 Å². The number of carbonyl (C=O) groups excluding carboxylic acids is 9. The molecule has 0 heterocycles. The Morgan fingerprint density at radius 3 is 1.65 bits per heavy atom. The van der Waals surface area contributed by atoms with Gasteiger partial charge in [0.2, 0.25) is 17.7 Å². The first-order valence-electron chi connectivity index (χ1n) is 22.3. The molecule has 0 aromatic heterocycles. The highest BCUT2D eigenvalue weighted by Gasteiger charge is 2.35. The second-order valence-corrected chi connectivity index (χ2v) is 19.3. The molecule has 19 nitrogen and oxygen atoms in total. The lowest BCUT2D eigenvalue weighted by atomic mass is 10.0. The predicted molar refractivity (Wildman–Crippen MR) is 250 cm³/mol. The van der Waals surface area contributed by atoms with Gasteiger partial charge in [-0.15, -0.1) is 0 Å². The molecule has 0 bridgehead atoms. The van der Waals surface area contributed by atoms with Gasteiger partial charge in [0.05, 0.1) is 6.42 Å². The van der Waals surface area contributed by atoms with Crippen LogP contribution >= 0.6 is 0 Å². The third-order valence-electron chi connectivity index (χ3n) is 9.09. The van der Waals surface area contributed by atoms with Gasteiger partial charge in [-0.3, -0.25) is 43.8 Å². The predicted octanol–water partition coefficient (Wildman–Crippen LogP) is 4.22. The number of hydrazine groups is 1. The maximum absolute atomic E-state index is 14.2. The summed E-state index contributed by atoms with van der Waals surface area (Å²) in [5, 5.41) is 8.03. The highest BCUT2D eigenvalue weighted by atomic mass is 16.6. The van der Waals surface area contributed by atoms with Gasteiger partial charge in [0.15, 0.2) is 0 Å². The van der Waals surface area contributed by atoms with Gasteiger partial charge in [-0.25, -0.2) is 9.80 Å². The molecule has 0 aliphatic carbocycles. The van der Waals surface area contributed by atoms with Crippen LogP contribution in [0.5, 0.6) is 0 Å². The highest BCUT2D eigenvalue weighted by Crippen LogP contribution is 2.14. The molecule has 4 N–H and O–H groups in total. The number of hydrogen-bond acceptors (Lipinski definition) is 13. The molecule has 19 heteroatoms. The van der Waals surface area contributed by atoms with E-state index in [-0.39, 0.29) is 13.0 Å². The van der Waals surface area contributed by atoms with Gasteiger partial charge in [0.25, 0.3) is 11.8 Å². The van der Waals surface area contributed by atoms with Crippen molar-refractivity contribution in [2.45, 2.75) is 143 Å². The third-order valence-corrected chi connectivity index (χ3v) is 9.09. The molecule has 68 heavy (non-hydrogen) atoms. The molecule has 0 fully saturated rings. The lowest BCUT2D eigenvalue weighted by molar-refractivity contribution is -0.161. The molecule has 0 unspecified atom stereocenters. The highest BCUT2D eigenvalue weighted by molar-refractivity contribution is 5.99. The van der Waals surface area contributed by atoms with Gasteiger partial charge in [-0.2, -0.15) is 0 Å². The zero-order valence-electron chi connectivity index (χ0n) is 41.4. The summed E-state index contributed by atoms with van der Waals surface area (Å²) in [6, 6.07) is 13.4. The standard InChI is InChI=1S/C49H70N6O13/c1-32(2)42(45(63)53-55(30-41(60)68-49(9,10)11)38(57)25-24-37(56)54(12)28-27-33-19-15-13-16-20-33)52-43(61)35(23-26-39(58)66-47(3,4)5)50-44(62)36(29-40(59)67-48(6,7)8)51-46(64)65-31-34-21-17-14-18-22-34/h13-22,24-25,32,35-36,42H,23,26-31H2,1-12H3,(H,50,62)(H,51,64)(H,52,61)(H,53,63)/b25-24+/t35-,36-,42-/m0/s1. The Balaban J connectivity index is 2.41. The summed E-state index contributed by atoms with van der Waals surface area (Å²) in [5.41, 5.74) is 1.16. The Morgan fingerprint density at radius 2 is 1.10 bits per heavy atom. The number of rotatable bonds is 21.